The fourth-order valence-electron chi connectivity index (χ4n) is 2.57. The molecular weight excluding hydrogens is 242 g/mol. The zero-order valence-corrected chi connectivity index (χ0v) is 11.1. The van der Waals surface area contributed by atoms with Crippen molar-refractivity contribution in [3.63, 3.8) is 0 Å². The molecule has 0 amide bonds. The Hall–Kier alpha value is -1.61. The first kappa shape index (κ1) is 11.5. The maximum absolute atomic E-state index is 12.5. The standard InChI is InChI=1S/C15H15NOS/c1-2-3-9-4-5-10-7-11-8-18-15(16)13(11)14(17)12(10)6-9/h4-6,8H,2-3,7,16H2,1H3. The van der Waals surface area contributed by atoms with E-state index in [0.717, 1.165) is 41.5 Å². The molecule has 0 atom stereocenters. The maximum atomic E-state index is 12.5. The average Bonchev–Trinajstić information content (AvgIpc) is 2.73. The van der Waals surface area contributed by atoms with Crippen LogP contribution in [0.2, 0.25) is 0 Å². The maximum Gasteiger partial charge on any atom is 0.196 e. The van der Waals surface area contributed by atoms with Crippen LogP contribution in [0.1, 0.15) is 46.0 Å². The van der Waals surface area contributed by atoms with Gasteiger partial charge >= 0.3 is 0 Å². The molecule has 0 saturated carbocycles. The van der Waals surface area contributed by atoms with E-state index >= 15 is 0 Å². The number of benzene rings is 1. The number of nitrogen functional groups attached to an aromatic ring is 1. The summed E-state index contributed by atoms with van der Waals surface area (Å²) in [7, 11) is 0. The number of carbonyl (C=O) groups is 1. The molecule has 18 heavy (non-hydrogen) atoms. The third-order valence-corrected chi connectivity index (χ3v) is 4.32. The second-order valence-electron chi connectivity index (χ2n) is 4.75. The second kappa shape index (κ2) is 4.25. The van der Waals surface area contributed by atoms with Crippen molar-refractivity contribution in [2.24, 2.45) is 0 Å². The van der Waals surface area contributed by atoms with Gasteiger partial charge in [-0.15, -0.1) is 11.3 Å². The number of ketones is 1. The number of thiophene rings is 1. The summed E-state index contributed by atoms with van der Waals surface area (Å²) in [5.74, 6) is 0.1000. The van der Waals surface area contributed by atoms with E-state index in [1.54, 1.807) is 0 Å². The molecule has 3 heteroatoms. The smallest absolute Gasteiger partial charge is 0.196 e. The van der Waals surface area contributed by atoms with Crippen molar-refractivity contribution in [1.29, 1.82) is 0 Å². The van der Waals surface area contributed by atoms with Crippen LogP contribution in [0.25, 0.3) is 0 Å². The first-order valence-electron chi connectivity index (χ1n) is 6.23. The Kier molecular flexibility index (Phi) is 2.71. The van der Waals surface area contributed by atoms with E-state index in [1.165, 1.54) is 16.9 Å². The number of hydrogen-bond acceptors (Lipinski definition) is 3. The Morgan fingerprint density at radius 3 is 2.94 bits per heavy atom. The van der Waals surface area contributed by atoms with Gasteiger partial charge in [-0.3, -0.25) is 4.79 Å². The van der Waals surface area contributed by atoms with Crippen LogP contribution in [0.4, 0.5) is 5.00 Å². The number of nitrogens with two attached hydrogens (primary N) is 1. The predicted octanol–water partition coefficient (Wildman–Crippen LogP) is 3.42. The molecule has 1 aliphatic carbocycles. The Morgan fingerprint density at radius 1 is 1.33 bits per heavy atom. The third kappa shape index (κ3) is 1.66. The Labute approximate surface area is 110 Å². The highest BCUT2D eigenvalue weighted by Gasteiger charge is 2.26. The number of anilines is 1. The first-order chi connectivity index (χ1) is 8.70. The summed E-state index contributed by atoms with van der Waals surface area (Å²) in [6, 6.07) is 6.27. The van der Waals surface area contributed by atoms with Crippen molar-refractivity contribution in [1.82, 2.24) is 0 Å². The molecule has 1 heterocycles. The van der Waals surface area contributed by atoms with Gasteiger partial charge in [0.15, 0.2) is 5.78 Å². The summed E-state index contributed by atoms with van der Waals surface area (Å²) >= 11 is 1.47. The van der Waals surface area contributed by atoms with Gasteiger partial charge in [-0.1, -0.05) is 25.5 Å². The summed E-state index contributed by atoms with van der Waals surface area (Å²) in [4.78, 5) is 12.5. The summed E-state index contributed by atoms with van der Waals surface area (Å²) in [5.41, 5.74) is 10.9. The molecule has 0 fully saturated rings. The van der Waals surface area contributed by atoms with Crippen molar-refractivity contribution < 1.29 is 4.79 Å². The Balaban J connectivity index is 2.10. The molecule has 3 rings (SSSR count). The molecule has 2 N–H and O–H groups in total. The van der Waals surface area contributed by atoms with Crippen LogP contribution >= 0.6 is 11.3 Å². The van der Waals surface area contributed by atoms with E-state index in [2.05, 4.69) is 19.1 Å². The fourth-order valence-corrected chi connectivity index (χ4v) is 3.38. The molecule has 2 aromatic rings. The molecule has 0 unspecified atom stereocenters. The van der Waals surface area contributed by atoms with Crippen molar-refractivity contribution in [3.05, 3.63) is 51.4 Å². The SMILES string of the molecule is CCCc1ccc2c(c1)C(=O)c1c(csc1N)C2. The number of carbonyl (C=O) groups excluding carboxylic acids is 1. The predicted molar refractivity (Wildman–Crippen MR) is 75.4 cm³/mol. The van der Waals surface area contributed by atoms with E-state index in [9.17, 15) is 4.79 Å². The van der Waals surface area contributed by atoms with Crippen molar-refractivity contribution in [2.45, 2.75) is 26.2 Å². The van der Waals surface area contributed by atoms with Crippen LogP contribution in [-0.4, -0.2) is 5.78 Å². The Bertz CT molecular complexity index is 627. The van der Waals surface area contributed by atoms with Gasteiger partial charge in [0.1, 0.15) is 0 Å². The van der Waals surface area contributed by atoms with E-state index in [-0.39, 0.29) is 5.78 Å². The van der Waals surface area contributed by atoms with Crippen LogP contribution < -0.4 is 5.73 Å². The number of hydrogen-bond donors (Lipinski definition) is 1. The summed E-state index contributed by atoms with van der Waals surface area (Å²) < 4.78 is 0. The van der Waals surface area contributed by atoms with E-state index in [0.29, 0.717) is 5.00 Å². The highest BCUT2D eigenvalue weighted by Crippen LogP contribution is 2.35. The molecule has 0 aliphatic heterocycles. The van der Waals surface area contributed by atoms with Crippen molar-refractivity contribution in [2.75, 3.05) is 5.73 Å². The highest BCUT2D eigenvalue weighted by molar-refractivity contribution is 7.14. The molecule has 92 valence electrons. The van der Waals surface area contributed by atoms with Gasteiger partial charge in [-0.05, 0) is 41.0 Å². The topological polar surface area (TPSA) is 43.1 Å². The normalized spacial score (nSPS) is 13.3. The lowest BCUT2D eigenvalue weighted by Gasteiger charge is -2.17. The minimum atomic E-state index is 0.1000. The minimum Gasteiger partial charge on any atom is -0.390 e. The molecule has 0 spiro atoms. The average molecular weight is 257 g/mol. The van der Waals surface area contributed by atoms with Crippen LogP contribution in [0.3, 0.4) is 0 Å². The molecule has 0 bridgehead atoms. The minimum absolute atomic E-state index is 0.1000. The van der Waals surface area contributed by atoms with Crippen molar-refractivity contribution in [3.8, 4) is 0 Å². The second-order valence-corrected chi connectivity index (χ2v) is 5.66. The van der Waals surface area contributed by atoms with Crippen molar-refractivity contribution >= 4 is 22.1 Å². The first-order valence-corrected chi connectivity index (χ1v) is 7.11. The molecule has 0 saturated heterocycles. The highest BCUT2D eigenvalue weighted by atomic mass is 32.1. The zero-order valence-electron chi connectivity index (χ0n) is 10.3. The van der Waals surface area contributed by atoms with Crippen LogP contribution in [0.15, 0.2) is 23.6 Å². The van der Waals surface area contributed by atoms with Gasteiger partial charge in [-0.2, -0.15) is 0 Å². The number of rotatable bonds is 2. The quantitative estimate of drug-likeness (QED) is 0.764. The van der Waals surface area contributed by atoms with Crippen LogP contribution in [0, 0.1) is 0 Å². The van der Waals surface area contributed by atoms with Crippen LogP contribution in [-0.2, 0) is 12.8 Å². The summed E-state index contributed by atoms with van der Waals surface area (Å²) in [6.07, 6.45) is 2.95. The molecule has 0 radical (unpaired) electrons. The van der Waals surface area contributed by atoms with Gasteiger partial charge in [0.05, 0.1) is 10.6 Å². The molecular formula is C15H15NOS. The summed E-state index contributed by atoms with van der Waals surface area (Å²) in [5, 5.41) is 2.66. The van der Waals surface area contributed by atoms with Gasteiger partial charge < -0.3 is 5.73 Å². The number of aryl methyl sites for hydroxylation is 1. The number of fused-ring (bicyclic) bond motifs is 2. The van der Waals surface area contributed by atoms with Gasteiger partial charge in [0.2, 0.25) is 0 Å². The summed E-state index contributed by atoms with van der Waals surface area (Å²) in [6.45, 7) is 2.15. The van der Waals surface area contributed by atoms with Crippen LogP contribution in [0.5, 0.6) is 0 Å². The molecule has 1 aromatic carbocycles. The zero-order chi connectivity index (χ0) is 12.7. The molecule has 2 nitrogen and oxygen atoms in total. The monoisotopic (exact) mass is 257 g/mol. The van der Waals surface area contributed by atoms with Gasteiger partial charge in [-0.25, -0.2) is 0 Å². The fraction of sp³-hybridized carbons (Fsp3) is 0.267. The van der Waals surface area contributed by atoms with Gasteiger partial charge in [0.25, 0.3) is 0 Å². The lowest BCUT2D eigenvalue weighted by Crippen LogP contribution is -2.15. The Morgan fingerprint density at radius 2 is 2.17 bits per heavy atom. The van der Waals surface area contributed by atoms with E-state index in [1.807, 2.05) is 11.4 Å². The van der Waals surface area contributed by atoms with E-state index in [4.69, 9.17) is 5.73 Å². The van der Waals surface area contributed by atoms with E-state index < -0.39 is 0 Å². The lowest BCUT2D eigenvalue weighted by molar-refractivity contribution is 0.103. The largest absolute Gasteiger partial charge is 0.390 e. The lowest BCUT2D eigenvalue weighted by atomic mass is 9.86. The van der Waals surface area contributed by atoms with Gasteiger partial charge in [0, 0.05) is 5.56 Å². The molecule has 1 aromatic heterocycles. The third-order valence-electron chi connectivity index (χ3n) is 3.46. The molecule has 1 aliphatic rings.